The second-order valence-corrected chi connectivity index (χ2v) is 4.58. The van der Waals surface area contributed by atoms with Gasteiger partial charge in [-0.05, 0) is 35.1 Å². The number of benzene rings is 2. The van der Waals surface area contributed by atoms with Gasteiger partial charge in [0.25, 0.3) is 0 Å². The molecule has 1 heteroatoms. The van der Waals surface area contributed by atoms with Gasteiger partial charge in [-0.2, -0.15) is 0 Å². The first-order chi connectivity index (χ1) is 8.95. The van der Waals surface area contributed by atoms with Gasteiger partial charge in [0.1, 0.15) is 0 Å². The first-order valence-electron chi connectivity index (χ1n) is 6.43. The Bertz CT molecular complexity index is 555. The van der Waals surface area contributed by atoms with Gasteiger partial charge in [-0.15, -0.1) is 0 Å². The van der Waals surface area contributed by atoms with E-state index >= 15 is 0 Å². The molecule has 0 aliphatic heterocycles. The third kappa shape index (κ3) is 3.07. The molecule has 0 amide bonds. The first kappa shape index (κ1) is 13.9. The molecule has 0 bridgehead atoms. The molecule has 0 aromatic heterocycles. The molecule has 0 radical (unpaired) electrons. The summed E-state index contributed by atoms with van der Waals surface area (Å²) < 4.78 is 0. The van der Waals surface area contributed by atoms with Crippen molar-refractivity contribution in [1.82, 2.24) is 0 Å². The van der Waals surface area contributed by atoms with Crippen molar-refractivity contribution in [3.8, 4) is 11.1 Å². The molecule has 0 spiro atoms. The van der Waals surface area contributed by atoms with Crippen LogP contribution in [0.3, 0.4) is 0 Å². The molecule has 0 fully saturated rings. The zero-order valence-electron chi connectivity index (χ0n) is 10.7. The van der Waals surface area contributed by atoms with Crippen LogP contribution in [0.5, 0.6) is 0 Å². The molecule has 4 rings (SSSR count). The van der Waals surface area contributed by atoms with Gasteiger partial charge >= 0.3 is 0 Å². The standard InChI is InChI=1S/C13H10.C5H6.Fe/c1-3-7-12-10(5-1)9-11-6-2-4-8-13(11)12;1-2-4-5-3-1;/h1-8H,9H2;1-4H,5H2;. The molecular weight excluding hydrogens is 272 g/mol. The van der Waals surface area contributed by atoms with E-state index in [1.54, 1.807) is 0 Å². The van der Waals surface area contributed by atoms with Crippen LogP contribution in [-0.2, 0) is 23.5 Å². The molecule has 2 aromatic rings. The summed E-state index contributed by atoms with van der Waals surface area (Å²) in [6.45, 7) is 0. The van der Waals surface area contributed by atoms with Gasteiger partial charge in [-0.25, -0.2) is 0 Å². The van der Waals surface area contributed by atoms with E-state index in [4.69, 9.17) is 0 Å². The molecule has 0 heterocycles. The van der Waals surface area contributed by atoms with Crippen molar-refractivity contribution in [3.63, 3.8) is 0 Å². The summed E-state index contributed by atoms with van der Waals surface area (Å²) in [6.07, 6.45) is 10.6. The van der Waals surface area contributed by atoms with E-state index < -0.39 is 0 Å². The zero-order valence-corrected chi connectivity index (χ0v) is 11.8. The Morgan fingerprint density at radius 2 is 1.11 bits per heavy atom. The molecule has 2 aliphatic carbocycles. The van der Waals surface area contributed by atoms with Crippen LogP contribution < -0.4 is 0 Å². The van der Waals surface area contributed by atoms with Gasteiger partial charge in [0.05, 0.1) is 0 Å². The topological polar surface area (TPSA) is 0 Å². The Morgan fingerprint density at radius 1 is 0.632 bits per heavy atom. The molecule has 0 unspecified atom stereocenters. The fourth-order valence-corrected chi connectivity index (χ4v) is 2.47. The summed E-state index contributed by atoms with van der Waals surface area (Å²) in [5.41, 5.74) is 5.75. The normalized spacial score (nSPS) is 13.1. The molecule has 19 heavy (non-hydrogen) atoms. The second kappa shape index (κ2) is 6.56. The summed E-state index contributed by atoms with van der Waals surface area (Å²) in [5.74, 6) is 0. The van der Waals surface area contributed by atoms with E-state index in [9.17, 15) is 0 Å². The molecule has 2 aliphatic rings. The summed E-state index contributed by atoms with van der Waals surface area (Å²) >= 11 is 0. The smallest absolute Gasteiger partial charge is 0 e. The van der Waals surface area contributed by atoms with E-state index in [1.165, 1.54) is 22.3 Å². The van der Waals surface area contributed by atoms with Gasteiger partial charge in [0.15, 0.2) is 0 Å². The van der Waals surface area contributed by atoms with Gasteiger partial charge in [0.2, 0.25) is 0 Å². The molecule has 0 atom stereocenters. The second-order valence-electron chi connectivity index (χ2n) is 4.58. The largest absolute Gasteiger partial charge is 0.0808 e. The number of hydrogen-bond acceptors (Lipinski definition) is 0. The van der Waals surface area contributed by atoms with Crippen LogP contribution in [-0.4, -0.2) is 0 Å². The van der Waals surface area contributed by atoms with E-state index in [1.807, 2.05) is 0 Å². The molecular formula is C18H16Fe. The molecule has 2 aromatic carbocycles. The fraction of sp³-hybridized carbons (Fsp3) is 0.111. The summed E-state index contributed by atoms with van der Waals surface area (Å²) in [4.78, 5) is 0. The molecule has 0 N–H and O–H groups in total. The van der Waals surface area contributed by atoms with Gasteiger partial charge < -0.3 is 0 Å². The molecule has 96 valence electrons. The Hall–Kier alpha value is -1.56. The average Bonchev–Trinajstić information content (AvgIpc) is 3.10. The van der Waals surface area contributed by atoms with Crippen molar-refractivity contribution in [2.24, 2.45) is 0 Å². The van der Waals surface area contributed by atoms with E-state index in [0.29, 0.717) is 0 Å². The molecule has 0 saturated carbocycles. The minimum atomic E-state index is 0. The number of rotatable bonds is 0. The van der Waals surface area contributed by atoms with Gasteiger partial charge in [-0.1, -0.05) is 72.8 Å². The van der Waals surface area contributed by atoms with Crippen LogP contribution in [0.4, 0.5) is 0 Å². The minimum Gasteiger partial charge on any atom is -0.0808 e. The predicted molar refractivity (Wildman–Crippen MR) is 77.6 cm³/mol. The van der Waals surface area contributed by atoms with Crippen LogP contribution in [0.1, 0.15) is 17.5 Å². The zero-order chi connectivity index (χ0) is 12.2. The number of allylic oxidation sites excluding steroid dienone is 4. The van der Waals surface area contributed by atoms with Crippen molar-refractivity contribution in [2.75, 3.05) is 0 Å². The summed E-state index contributed by atoms with van der Waals surface area (Å²) in [5, 5.41) is 0. The van der Waals surface area contributed by atoms with Crippen LogP contribution >= 0.6 is 0 Å². The van der Waals surface area contributed by atoms with Gasteiger partial charge in [-0.3, -0.25) is 0 Å². The molecule has 0 nitrogen and oxygen atoms in total. The van der Waals surface area contributed by atoms with Crippen molar-refractivity contribution < 1.29 is 17.1 Å². The van der Waals surface area contributed by atoms with Crippen LogP contribution in [0.25, 0.3) is 11.1 Å². The third-order valence-corrected chi connectivity index (χ3v) is 3.36. The van der Waals surface area contributed by atoms with E-state index in [2.05, 4.69) is 72.8 Å². The molecule has 0 saturated heterocycles. The van der Waals surface area contributed by atoms with Crippen LogP contribution in [0.15, 0.2) is 72.8 Å². The third-order valence-electron chi connectivity index (χ3n) is 3.36. The maximum Gasteiger partial charge on any atom is 0 e. The monoisotopic (exact) mass is 288 g/mol. The Balaban J connectivity index is 0.000000190. The van der Waals surface area contributed by atoms with Crippen molar-refractivity contribution in [2.45, 2.75) is 12.8 Å². The minimum absolute atomic E-state index is 0. The SMILES string of the molecule is C1=CCC=C1.[Fe].c1ccc2c(c1)Cc1ccccc1-2. The van der Waals surface area contributed by atoms with E-state index in [-0.39, 0.29) is 17.1 Å². The predicted octanol–water partition coefficient (Wildman–Crippen LogP) is 4.76. The van der Waals surface area contributed by atoms with Crippen LogP contribution in [0, 0.1) is 0 Å². The Labute approximate surface area is 125 Å². The Morgan fingerprint density at radius 3 is 1.53 bits per heavy atom. The number of fused-ring (bicyclic) bond motifs is 3. The Kier molecular flexibility index (Phi) is 4.79. The quantitative estimate of drug-likeness (QED) is 0.523. The number of hydrogen-bond donors (Lipinski definition) is 0. The fourth-order valence-electron chi connectivity index (χ4n) is 2.47. The first-order valence-corrected chi connectivity index (χ1v) is 6.43. The average molecular weight is 288 g/mol. The van der Waals surface area contributed by atoms with Crippen molar-refractivity contribution >= 4 is 0 Å². The van der Waals surface area contributed by atoms with Gasteiger partial charge in [0, 0.05) is 17.1 Å². The summed E-state index contributed by atoms with van der Waals surface area (Å²) in [6, 6.07) is 17.3. The van der Waals surface area contributed by atoms with E-state index in [0.717, 1.165) is 12.8 Å². The maximum absolute atomic E-state index is 2.22. The summed E-state index contributed by atoms with van der Waals surface area (Å²) in [7, 11) is 0. The van der Waals surface area contributed by atoms with Crippen LogP contribution in [0.2, 0.25) is 0 Å². The van der Waals surface area contributed by atoms with Crippen molar-refractivity contribution in [1.29, 1.82) is 0 Å². The van der Waals surface area contributed by atoms with Crippen molar-refractivity contribution in [3.05, 3.63) is 84.0 Å². The maximum atomic E-state index is 2.22.